The van der Waals surface area contributed by atoms with E-state index in [1.807, 2.05) is 0 Å². The van der Waals surface area contributed by atoms with E-state index in [4.69, 9.17) is 4.74 Å². The third-order valence-electron chi connectivity index (χ3n) is 10.7. The Morgan fingerprint density at radius 2 is 0.982 bits per heavy atom. The van der Waals surface area contributed by atoms with E-state index >= 15 is 0 Å². The smallest absolute Gasteiger partial charge is 0.306 e. The van der Waals surface area contributed by atoms with Crippen molar-refractivity contribution in [2.45, 2.75) is 251 Å². The molecule has 0 heterocycles. The molecule has 0 radical (unpaired) electrons. The molecule has 0 spiro atoms. The van der Waals surface area contributed by atoms with E-state index in [2.05, 4.69) is 74.7 Å². The molecule has 0 aromatic carbocycles. The predicted molar refractivity (Wildman–Crippen MR) is 241 cm³/mol. The second kappa shape index (κ2) is 43.9. The molecule has 0 aromatic rings. The van der Waals surface area contributed by atoms with Gasteiger partial charge >= 0.3 is 5.97 Å². The zero-order valence-corrected chi connectivity index (χ0v) is 37.0. The molecule has 3 unspecified atom stereocenters. The summed E-state index contributed by atoms with van der Waals surface area (Å²) in [5, 5.41) is 23.6. The minimum absolute atomic E-state index is 0.0669. The van der Waals surface area contributed by atoms with Crippen molar-refractivity contribution in [3.63, 3.8) is 0 Å². The van der Waals surface area contributed by atoms with Gasteiger partial charge in [0.2, 0.25) is 5.91 Å². The van der Waals surface area contributed by atoms with Crippen LogP contribution in [0.2, 0.25) is 0 Å². The fraction of sp³-hybridized carbons (Fsp3) is 0.800. The van der Waals surface area contributed by atoms with Crippen LogP contribution < -0.4 is 5.32 Å². The van der Waals surface area contributed by atoms with Crippen molar-refractivity contribution in [3.8, 4) is 0 Å². The van der Waals surface area contributed by atoms with Crippen LogP contribution in [-0.2, 0) is 14.3 Å². The second-order valence-corrected chi connectivity index (χ2v) is 16.2. The molecule has 0 bridgehead atoms. The highest BCUT2D eigenvalue weighted by atomic mass is 16.5. The Bertz CT molecular complexity index is 972. The number of carbonyl (C=O) groups is 2. The van der Waals surface area contributed by atoms with Gasteiger partial charge in [0.15, 0.2) is 0 Å². The van der Waals surface area contributed by atoms with Crippen LogP contribution in [0.1, 0.15) is 233 Å². The van der Waals surface area contributed by atoms with E-state index in [-0.39, 0.29) is 24.9 Å². The molecule has 0 aliphatic heterocycles. The van der Waals surface area contributed by atoms with Crippen molar-refractivity contribution in [2.75, 3.05) is 6.61 Å². The number of aliphatic hydroxyl groups is 2. The number of ether oxygens (including phenoxy) is 1. The number of allylic oxidation sites excluding steroid dienone is 8. The topological polar surface area (TPSA) is 95.9 Å². The number of carbonyl (C=O) groups excluding carboxylic acids is 2. The van der Waals surface area contributed by atoms with Gasteiger partial charge in [-0.1, -0.05) is 198 Å². The highest BCUT2D eigenvalue weighted by Gasteiger charge is 2.24. The van der Waals surface area contributed by atoms with Crippen LogP contribution in [0.5, 0.6) is 0 Å². The molecule has 0 saturated carbocycles. The Balaban J connectivity index is 4.61. The first-order valence-electron chi connectivity index (χ1n) is 23.9. The number of hydrogen-bond acceptors (Lipinski definition) is 5. The van der Waals surface area contributed by atoms with Gasteiger partial charge in [0.05, 0.1) is 25.2 Å². The van der Waals surface area contributed by atoms with Crippen LogP contribution in [-0.4, -0.2) is 46.9 Å². The van der Waals surface area contributed by atoms with Gasteiger partial charge in [-0.05, 0) is 70.6 Å². The number of aliphatic hydroxyl groups excluding tert-OH is 2. The fourth-order valence-corrected chi connectivity index (χ4v) is 7.07. The lowest BCUT2D eigenvalue weighted by Gasteiger charge is -2.24. The van der Waals surface area contributed by atoms with Crippen LogP contribution in [0.4, 0.5) is 0 Å². The maximum atomic E-state index is 13.1. The molecule has 0 saturated heterocycles. The molecular weight excluding hydrogens is 695 g/mol. The lowest BCUT2D eigenvalue weighted by atomic mass is 10.0. The van der Waals surface area contributed by atoms with Gasteiger partial charge in [-0.3, -0.25) is 9.59 Å². The van der Waals surface area contributed by atoms with E-state index < -0.39 is 18.2 Å². The van der Waals surface area contributed by atoms with Gasteiger partial charge in [0, 0.05) is 6.42 Å². The number of esters is 1. The minimum Gasteiger partial charge on any atom is -0.462 e. The van der Waals surface area contributed by atoms with Crippen molar-refractivity contribution in [3.05, 3.63) is 48.6 Å². The van der Waals surface area contributed by atoms with Crippen LogP contribution in [0.25, 0.3) is 0 Å². The molecule has 0 aromatic heterocycles. The lowest BCUT2D eigenvalue weighted by Crippen LogP contribution is -2.46. The van der Waals surface area contributed by atoms with Crippen LogP contribution in [0.3, 0.4) is 0 Å². The molecule has 0 aliphatic rings. The average molecular weight is 786 g/mol. The number of hydrogen-bond donors (Lipinski definition) is 3. The fourth-order valence-electron chi connectivity index (χ4n) is 7.07. The standard InChI is InChI=1S/C50H91NO5/c1-4-7-10-13-16-19-21-23-24-26-28-31-34-37-40-43-50(55)56-46(41-38-35-32-30-27-25-22-20-17-14-11-8-5-2)44-49(54)51-47(45-52)48(53)42-39-36-33-29-18-15-12-9-6-3/h7,10,13,16,19-22,46-48,52-53H,4-6,8-9,11-12,14-15,17-18,23-45H2,1-3H3,(H,51,54)/b10-7+,16-13+,21-19+,22-20-. The summed E-state index contributed by atoms with van der Waals surface area (Å²) < 4.78 is 5.91. The Labute approximate surface area is 346 Å². The molecule has 326 valence electrons. The summed E-state index contributed by atoms with van der Waals surface area (Å²) in [6, 6.07) is -0.704. The molecule has 0 fully saturated rings. The minimum atomic E-state index is -0.789. The van der Waals surface area contributed by atoms with Crippen molar-refractivity contribution in [1.29, 1.82) is 0 Å². The first kappa shape index (κ1) is 53.8. The number of unbranched alkanes of at least 4 members (excludes halogenated alkanes) is 24. The largest absolute Gasteiger partial charge is 0.462 e. The van der Waals surface area contributed by atoms with E-state index in [9.17, 15) is 19.8 Å². The Morgan fingerprint density at radius 1 is 0.536 bits per heavy atom. The predicted octanol–water partition coefficient (Wildman–Crippen LogP) is 13.9. The Morgan fingerprint density at radius 3 is 1.52 bits per heavy atom. The zero-order valence-electron chi connectivity index (χ0n) is 37.0. The summed E-state index contributed by atoms with van der Waals surface area (Å²) >= 11 is 0. The van der Waals surface area contributed by atoms with Crippen LogP contribution >= 0.6 is 0 Å². The third kappa shape index (κ3) is 38.7. The third-order valence-corrected chi connectivity index (χ3v) is 10.7. The van der Waals surface area contributed by atoms with E-state index in [1.54, 1.807) is 0 Å². The quantitative estimate of drug-likeness (QED) is 0.0248. The van der Waals surface area contributed by atoms with Crippen LogP contribution in [0, 0.1) is 0 Å². The molecule has 0 aliphatic carbocycles. The monoisotopic (exact) mass is 786 g/mol. The highest BCUT2D eigenvalue weighted by molar-refractivity contribution is 5.77. The van der Waals surface area contributed by atoms with Crippen LogP contribution in [0.15, 0.2) is 48.6 Å². The molecule has 56 heavy (non-hydrogen) atoms. The summed E-state index contributed by atoms with van der Waals surface area (Å²) in [5.41, 5.74) is 0. The average Bonchev–Trinajstić information content (AvgIpc) is 3.19. The molecule has 6 nitrogen and oxygen atoms in total. The summed E-state index contributed by atoms with van der Waals surface area (Å²) in [4.78, 5) is 26.0. The molecule has 1 amide bonds. The first-order chi connectivity index (χ1) is 27.5. The molecular formula is C50H91NO5. The SMILES string of the molecule is CC/C=C/C=C/C=C/CCCCCCCCCC(=O)OC(CCCCCCC/C=C\CCCCCC)CC(=O)NC(CO)C(O)CCCCCCCCCCC. The van der Waals surface area contributed by atoms with Gasteiger partial charge < -0.3 is 20.3 Å². The number of amides is 1. The van der Waals surface area contributed by atoms with E-state index in [0.29, 0.717) is 19.3 Å². The maximum absolute atomic E-state index is 13.1. The van der Waals surface area contributed by atoms with Crippen molar-refractivity contribution < 1.29 is 24.5 Å². The number of rotatable bonds is 42. The van der Waals surface area contributed by atoms with Crippen molar-refractivity contribution in [1.82, 2.24) is 5.32 Å². The first-order valence-corrected chi connectivity index (χ1v) is 23.9. The Kier molecular flexibility index (Phi) is 42.2. The summed E-state index contributed by atoms with van der Waals surface area (Å²) in [6.07, 6.45) is 51.7. The maximum Gasteiger partial charge on any atom is 0.306 e. The Hall–Kier alpha value is -2.18. The summed E-state index contributed by atoms with van der Waals surface area (Å²) in [5.74, 6) is -0.495. The second-order valence-electron chi connectivity index (χ2n) is 16.2. The van der Waals surface area contributed by atoms with Gasteiger partial charge in [0.1, 0.15) is 6.10 Å². The van der Waals surface area contributed by atoms with Gasteiger partial charge in [-0.15, -0.1) is 0 Å². The summed E-state index contributed by atoms with van der Waals surface area (Å²) in [6.45, 7) is 6.31. The highest BCUT2D eigenvalue weighted by Crippen LogP contribution is 2.17. The summed E-state index contributed by atoms with van der Waals surface area (Å²) in [7, 11) is 0. The van der Waals surface area contributed by atoms with Crippen molar-refractivity contribution >= 4 is 11.9 Å². The van der Waals surface area contributed by atoms with E-state index in [0.717, 1.165) is 77.0 Å². The van der Waals surface area contributed by atoms with Gasteiger partial charge in [-0.25, -0.2) is 0 Å². The molecule has 3 N–H and O–H groups in total. The van der Waals surface area contributed by atoms with Crippen molar-refractivity contribution in [2.24, 2.45) is 0 Å². The van der Waals surface area contributed by atoms with Gasteiger partial charge in [-0.2, -0.15) is 0 Å². The normalized spacial score (nSPS) is 13.7. The zero-order chi connectivity index (χ0) is 41.0. The molecule has 3 atom stereocenters. The van der Waals surface area contributed by atoms with E-state index in [1.165, 1.54) is 109 Å². The van der Waals surface area contributed by atoms with Gasteiger partial charge in [0.25, 0.3) is 0 Å². The number of nitrogens with one attached hydrogen (secondary N) is 1. The lowest BCUT2D eigenvalue weighted by molar-refractivity contribution is -0.151. The molecule has 0 rings (SSSR count). The molecule has 6 heteroatoms.